The molecule has 2 radical (unpaired) electrons. The van der Waals surface area contributed by atoms with E-state index in [0.29, 0.717) is 0 Å². The minimum Gasteiger partial charge on any atom is -0.234 e. The van der Waals surface area contributed by atoms with E-state index < -0.39 is 25.4 Å². The van der Waals surface area contributed by atoms with E-state index in [1.54, 1.807) is 0 Å². The van der Waals surface area contributed by atoms with Crippen molar-refractivity contribution in [3.63, 3.8) is 0 Å². The Morgan fingerprint density at radius 1 is 1.17 bits per heavy atom. The summed E-state index contributed by atoms with van der Waals surface area (Å²) in [7, 11) is 0. The van der Waals surface area contributed by atoms with Gasteiger partial charge in [-0.1, -0.05) is 0 Å². The highest BCUT2D eigenvalue weighted by Gasteiger charge is 2.60. The van der Waals surface area contributed by atoms with E-state index in [0.717, 1.165) is 0 Å². The molecular weight excluding hydrogens is 188 g/mol. The minimum atomic E-state index is -5.59. The average molecular weight is 192 g/mol. The number of hydrogen-bond acceptors (Lipinski definition) is 2. The lowest BCUT2D eigenvalue weighted by Gasteiger charge is -2.17. The fraction of sp³-hybridized carbons (Fsp3) is 1.00. The highest BCUT2D eigenvalue weighted by atomic mass is 19.3. The third-order valence-corrected chi connectivity index (χ3v) is 0.669. The summed E-state index contributed by atoms with van der Waals surface area (Å²) in [5.74, 6) is 0. The van der Waals surface area contributed by atoms with Crippen molar-refractivity contribution in [1.82, 2.24) is 0 Å². The second-order valence-electron chi connectivity index (χ2n) is 1.64. The van der Waals surface area contributed by atoms with Crippen molar-refractivity contribution < 1.29 is 37.5 Å². The molecule has 12 heavy (non-hydrogen) atoms. The predicted octanol–water partition coefficient (Wildman–Crippen LogP) is 0.981. The zero-order chi connectivity index (χ0) is 9.83. The van der Waals surface area contributed by atoms with Crippen LogP contribution in [0.1, 0.15) is 0 Å². The predicted molar refractivity (Wildman–Crippen MR) is 23.2 cm³/mol. The Hall–Kier alpha value is -0.440. The van der Waals surface area contributed by atoms with Gasteiger partial charge in [-0.2, -0.15) is 22.4 Å². The molecule has 0 aromatic rings. The van der Waals surface area contributed by atoms with Gasteiger partial charge in [0.1, 0.15) is 13.2 Å². The van der Waals surface area contributed by atoms with E-state index in [1.165, 1.54) is 0 Å². The fourth-order valence-electron chi connectivity index (χ4n) is 0.198. The SMILES string of the molecule is [O]CCOOC(F)(F)C([O])(F)F. The maximum atomic E-state index is 11.7. The van der Waals surface area contributed by atoms with Gasteiger partial charge in [0.05, 0.1) is 0 Å². The summed E-state index contributed by atoms with van der Waals surface area (Å²) in [5, 5.41) is 18.9. The van der Waals surface area contributed by atoms with Crippen LogP contribution < -0.4 is 0 Å². The Morgan fingerprint density at radius 2 is 1.67 bits per heavy atom. The molecule has 0 saturated carbocycles. The largest absolute Gasteiger partial charge is 0.477 e. The van der Waals surface area contributed by atoms with Gasteiger partial charge in [-0.05, 0) is 0 Å². The molecule has 0 saturated heterocycles. The van der Waals surface area contributed by atoms with Crippen molar-refractivity contribution in [1.29, 1.82) is 0 Å². The number of halogens is 4. The summed E-state index contributed by atoms with van der Waals surface area (Å²) in [6.07, 6.45) is -10.8. The van der Waals surface area contributed by atoms with Gasteiger partial charge in [0.2, 0.25) is 0 Å². The van der Waals surface area contributed by atoms with Gasteiger partial charge in [0.15, 0.2) is 0 Å². The summed E-state index contributed by atoms with van der Waals surface area (Å²) >= 11 is 0. The first-order chi connectivity index (χ1) is 5.31. The Kier molecular flexibility index (Phi) is 3.84. The van der Waals surface area contributed by atoms with Crippen LogP contribution in [-0.4, -0.2) is 25.4 Å². The van der Waals surface area contributed by atoms with Gasteiger partial charge in [0.25, 0.3) is 0 Å². The summed E-state index contributed by atoms with van der Waals surface area (Å²) in [5.41, 5.74) is 0. The molecule has 8 heteroatoms. The van der Waals surface area contributed by atoms with Crippen LogP contribution in [0.25, 0.3) is 0 Å². The average Bonchev–Trinajstić information content (AvgIpc) is 1.85. The number of rotatable bonds is 5. The molecule has 0 rings (SSSR count). The lowest BCUT2D eigenvalue weighted by Crippen LogP contribution is -2.41. The van der Waals surface area contributed by atoms with Crippen molar-refractivity contribution in [2.24, 2.45) is 0 Å². The van der Waals surface area contributed by atoms with Crippen molar-refractivity contribution in [3.05, 3.63) is 0 Å². The molecule has 0 aliphatic carbocycles. The van der Waals surface area contributed by atoms with Crippen LogP contribution in [0.4, 0.5) is 17.6 Å². The van der Waals surface area contributed by atoms with Crippen LogP contribution in [0.2, 0.25) is 0 Å². The molecule has 0 heterocycles. The Morgan fingerprint density at radius 3 is 2.00 bits per heavy atom. The first kappa shape index (κ1) is 11.6. The van der Waals surface area contributed by atoms with Crippen molar-refractivity contribution in [3.8, 4) is 0 Å². The Bertz CT molecular complexity index is 134. The quantitative estimate of drug-likeness (QED) is 0.282. The zero-order valence-corrected chi connectivity index (χ0v) is 5.56. The lowest BCUT2D eigenvalue weighted by molar-refractivity contribution is -0.528. The molecular formula is C4H4F4O4. The molecule has 72 valence electrons. The van der Waals surface area contributed by atoms with E-state index in [1.807, 2.05) is 0 Å². The third kappa shape index (κ3) is 3.30. The zero-order valence-electron chi connectivity index (χ0n) is 5.56. The van der Waals surface area contributed by atoms with Crippen molar-refractivity contribution in [2.75, 3.05) is 13.2 Å². The maximum Gasteiger partial charge on any atom is 0.477 e. The Labute approximate surface area is 64.2 Å². The van der Waals surface area contributed by atoms with Crippen LogP contribution in [0.3, 0.4) is 0 Å². The lowest BCUT2D eigenvalue weighted by atomic mass is 10.6. The summed E-state index contributed by atoms with van der Waals surface area (Å²) < 4.78 is 46.2. The van der Waals surface area contributed by atoms with Crippen LogP contribution in [0.15, 0.2) is 0 Å². The van der Waals surface area contributed by atoms with Gasteiger partial charge in [0, 0.05) is 0 Å². The molecule has 0 N–H and O–H groups in total. The summed E-state index contributed by atoms with van der Waals surface area (Å²) in [4.78, 5) is 6.07. The smallest absolute Gasteiger partial charge is 0.234 e. The summed E-state index contributed by atoms with van der Waals surface area (Å²) in [6.45, 7) is -1.79. The Balaban J connectivity index is 3.88. The van der Waals surface area contributed by atoms with Gasteiger partial charge in [-0.15, -0.1) is 5.11 Å². The molecule has 0 spiro atoms. The van der Waals surface area contributed by atoms with Crippen LogP contribution in [0.5, 0.6) is 0 Å². The molecule has 0 aromatic carbocycles. The monoisotopic (exact) mass is 192 g/mol. The minimum absolute atomic E-state index is 0.842. The van der Waals surface area contributed by atoms with E-state index in [-0.39, 0.29) is 0 Å². The topological polar surface area (TPSA) is 58.3 Å². The summed E-state index contributed by atoms with van der Waals surface area (Å²) in [6, 6.07) is 0. The maximum absolute atomic E-state index is 11.7. The first-order valence-corrected chi connectivity index (χ1v) is 2.66. The standard InChI is InChI=1S/C4H4F4O4/c5-3(6,10)4(7,8)12-11-2-1-9/h1-2H2. The van der Waals surface area contributed by atoms with E-state index in [2.05, 4.69) is 9.78 Å². The molecule has 0 atom stereocenters. The fourth-order valence-corrected chi connectivity index (χ4v) is 0.198. The van der Waals surface area contributed by atoms with Crippen molar-refractivity contribution >= 4 is 0 Å². The van der Waals surface area contributed by atoms with E-state index in [4.69, 9.17) is 0 Å². The number of alkyl halides is 4. The van der Waals surface area contributed by atoms with Crippen LogP contribution in [0, 0.1) is 0 Å². The van der Waals surface area contributed by atoms with Gasteiger partial charge < -0.3 is 0 Å². The second kappa shape index (κ2) is 3.99. The molecule has 0 fully saturated rings. The number of hydrogen-bond donors (Lipinski definition) is 0. The van der Waals surface area contributed by atoms with Crippen LogP contribution >= 0.6 is 0 Å². The second-order valence-corrected chi connectivity index (χ2v) is 1.64. The molecule has 0 aliphatic heterocycles. The van der Waals surface area contributed by atoms with Gasteiger partial charge in [-0.3, -0.25) is 0 Å². The molecule has 0 bridgehead atoms. The molecule has 4 nitrogen and oxygen atoms in total. The van der Waals surface area contributed by atoms with E-state index >= 15 is 0 Å². The van der Waals surface area contributed by atoms with Crippen LogP contribution in [-0.2, 0) is 20.0 Å². The van der Waals surface area contributed by atoms with Gasteiger partial charge in [-0.25, -0.2) is 9.99 Å². The normalized spacial score (nSPS) is 13.5. The van der Waals surface area contributed by atoms with E-state index in [9.17, 15) is 27.8 Å². The molecule has 0 unspecified atom stereocenters. The molecule has 0 aliphatic rings. The highest BCUT2D eigenvalue weighted by molar-refractivity contribution is 4.60. The highest BCUT2D eigenvalue weighted by Crippen LogP contribution is 2.33. The van der Waals surface area contributed by atoms with Crippen molar-refractivity contribution in [2.45, 2.75) is 12.2 Å². The molecule has 0 aromatic heterocycles. The van der Waals surface area contributed by atoms with Gasteiger partial charge >= 0.3 is 12.2 Å². The third-order valence-electron chi connectivity index (χ3n) is 0.669. The molecule has 0 amide bonds. The first-order valence-electron chi connectivity index (χ1n) is 2.66.